The number of methoxy groups -OCH3 is 1. The molecule has 3 nitrogen and oxygen atoms in total. The summed E-state index contributed by atoms with van der Waals surface area (Å²) in [6, 6.07) is 0. The SMILES string of the molecule is COC(=O)/C=C/CCCCC1(C)C=CC(=O)C1. The number of ether oxygens (including phenoxy) is 1. The predicted molar refractivity (Wildman–Crippen MR) is 66.5 cm³/mol. The third-order valence-corrected chi connectivity index (χ3v) is 3.07. The van der Waals surface area contributed by atoms with Crippen molar-refractivity contribution in [2.24, 2.45) is 5.41 Å². The Hall–Kier alpha value is -1.38. The van der Waals surface area contributed by atoms with Gasteiger partial charge >= 0.3 is 5.97 Å². The Morgan fingerprint density at radius 2 is 2.29 bits per heavy atom. The lowest BCUT2D eigenvalue weighted by Crippen LogP contribution is -2.11. The Bertz CT molecular complexity index is 341. The number of unbranched alkanes of at least 4 members (excludes halogenated alkanes) is 2. The molecule has 17 heavy (non-hydrogen) atoms. The zero-order chi connectivity index (χ0) is 12.7. The fourth-order valence-corrected chi connectivity index (χ4v) is 2.02. The van der Waals surface area contributed by atoms with Crippen molar-refractivity contribution in [3.63, 3.8) is 0 Å². The van der Waals surface area contributed by atoms with Gasteiger partial charge in [0.25, 0.3) is 0 Å². The van der Waals surface area contributed by atoms with E-state index in [0.29, 0.717) is 6.42 Å². The van der Waals surface area contributed by atoms with Crippen LogP contribution in [0, 0.1) is 5.41 Å². The molecule has 94 valence electrons. The van der Waals surface area contributed by atoms with Gasteiger partial charge in [0.2, 0.25) is 0 Å². The second kappa shape index (κ2) is 6.38. The summed E-state index contributed by atoms with van der Waals surface area (Å²) in [5.41, 5.74) is 0.0587. The van der Waals surface area contributed by atoms with Crippen LogP contribution in [-0.2, 0) is 14.3 Å². The van der Waals surface area contributed by atoms with Gasteiger partial charge in [-0.1, -0.05) is 25.5 Å². The van der Waals surface area contributed by atoms with E-state index in [4.69, 9.17) is 0 Å². The van der Waals surface area contributed by atoms with Gasteiger partial charge in [0, 0.05) is 12.5 Å². The maximum atomic E-state index is 11.2. The molecule has 0 N–H and O–H groups in total. The van der Waals surface area contributed by atoms with Crippen molar-refractivity contribution >= 4 is 11.8 Å². The Balaban J connectivity index is 2.13. The molecule has 0 fully saturated rings. The third-order valence-electron chi connectivity index (χ3n) is 3.07. The van der Waals surface area contributed by atoms with Gasteiger partial charge in [-0.15, -0.1) is 0 Å². The van der Waals surface area contributed by atoms with Crippen LogP contribution in [0.3, 0.4) is 0 Å². The van der Waals surface area contributed by atoms with E-state index in [-0.39, 0.29) is 17.2 Å². The average Bonchev–Trinajstić information content (AvgIpc) is 2.63. The number of carbonyl (C=O) groups is 2. The molecule has 0 aromatic heterocycles. The topological polar surface area (TPSA) is 43.4 Å². The van der Waals surface area contributed by atoms with Crippen LogP contribution in [0.1, 0.15) is 39.0 Å². The van der Waals surface area contributed by atoms with Gasteiger partial charge in [0.1, 0.15) is 0 Å². The van der Waals surface area contributed by atoms with Gasteiger partial charge in [-0.2, -0.15) is 0 Å². The van der Waals surface area contributed by atoms with Crippen LogP contribution in [0.5, 0.6) is 0 Å². The van der Waals surface area contributed by atoms with Crippen LogP contribution in [0.25, 0.3) is 0 Å². The van der Waals surface area contributed by atoms with E-state index in [0.717, 1.165) is 25.7 Å². The highest BCUT2D eigenvalue weighted by atomic mass is 16.5. The lowest BCUT2D eigenvalue weighted by molar-refractivity contribution is -0.134. The minimum atomic E-state index is -0.304. The molecule has 0 saturated carbocycles. The monoisotopic (exact) mass is 236 g/mol. The summed E-state index contributed by atoms with van der Waals surface area (Å²) in [5.74, 6) is -0.0700. The summed E-state index contributed by atoms with van der Waals surface area (Å²) >= 11 is 0. The first-order valence-corrected chi connectivity index (χ1v) is 6.02. The molecule has 0 aromatic rings. The molecule has 0 amide bonds. The van der Waals surface area contributed by atoms with Gasteiger partial charge in [0.15, 0.2) is 5.78 Å². The second-order valence-corrected chi connectivity index (χ2v) is 4.80. The smallest absolute Gasteiger partial charge is 0.330 e. The van der Waals surface area contributed by atoms with Gasteiger partial charge in [0.05, 0.1) is 7.11 Å². The molecular weight excluding hydrogens is 216 g/mol. The zero-order valence-electron chi connectivity index (χ0n) is 10.6. The highest BCUT2D eigenvalue weighted by Gasteiger charge is 2.27. The number of esters is 1. The molecule has 0 heterocycles. The van der Waals surface area contributed by atoms with E-state index in [1.165, 1.54) is 13.2 Å². The van der Waals surface area contributed by atoms with E-state index < -0.39 is 0 Å². The van der Waals surface area contributed by atoms with Crippen molar-refractivity contribution in [1.82, 2.24) is 0 Å². The molecule has 0 aliphatic heterocycles. The molecule has 0 bridgehead atoms. The van der Waals surface area contributed by atoms with Crippen molar-refractivity contribution in [2.45, 2.75) is 39.0 Å². The Kier molecular flexibility index (Phi) is 5.13. The average molecular weight is 236 g/mol. The maximum Gasteiger partial charge on any atom is 0.330 e. The van der Waals surface area contributed by atoms with Gasteiger partial charge < -0.3 is 4.74 Å². The number of rotatable bonds is 6. The molecule has 0 radical (unpaired) electrons. The second-order valence-electron chi connectivity index (χ2n) is 4.80. The summed E-state index contributed by atoms with van der Waals surface area (Å²) in [6.45, 7) is 2.12. The summed E-state index contributed by atoms with van der Waals surface area (Å²) in [5, 5.41) is 0. The number of hydrogen-bond donors (Lipinski definition) is 0. The minimum absolute atomic E-state index is 0.0587. The van der Waals surface area contributed by atoms with Crippen molar-refractivity contribution in [1.29, 1.82) is 0 Å². The zero-order valence-corrected chi connectivity index (χ0v) is 10.6. The van der Waals surface area contributed by atoms with Crippen LogP contribution in [-0.4, -0.2) is 18.9 Å². The lowest BCUT2D eigenvalue weighted by Gasteiger charge is -2.20. The lowest BCUT2D eigenvalue weighted by atomic mass is 9.84. The van der Waals surface area contributed by atoms with Crippen molar-refractivity contribution in [3.8, 4) is 0 Å². The molecule has 0 saturated heterocycles. The quantitative estimate of drug-likeness (QED) is 0.404. The number of carbonyl (C=O) groups excluding carboxylic acids is 2. The minimum Gasteiger partial charge on any atom is -0.466 e. The molecule has 0 spiro atoms. The van der Waals surface area contributed by atoms with E-state index in [2.05, 4.69) is 11.7 Å². The summed E-state index contributed by atoms with van der Waals surface area (Å²) in [6.07, 6.45) is 11.7. The van der Waals surface area contributed by atoms with E-state index >= 15 is 0 Å². The summed E-state index contributed by atoms with van der Waals surface area (Å²) < 4.78 is 4.49. The Morgan fingerprint density at radius 3 is 2.88 bits per heavy atom. The fraction of sp³-hybridized carbons (Fsp3) is 0.571. The van der Waals surface area contributed by atoms with Gasteiger partial charge in [-0.05, 0) is 30.8 Å². The predicted octanol–water partition coefficient (Wildman–Crippen LogP) is 2.81. The molecule has 1 rings (SSSR count). The number of hydrogen-bond acceptors (Lipinski definition) is 3. The van der Waals surface area contributed by atoms with Crippen molar-refractivity contribution < 1.29 is 14.3 Å². The molecule has 1 aliphatic carbocycles. The summed E-state index contributed by atoms with van der Waals surface area (Å²) in [4.78, 5) is 21.9. The molecule has 0 aromatic carbocycles. The largest absolute Gasteiger partial charge is 0.466 e. The highest BCUT2D eigenvalue weighted by molar-refractivity contribution is 5.92. The number of allylic oxidation sites excluding steroid dienone is 3. The van der Waals surface area contributed by atoms with Crippen LogP contribution >= 0.6 is 0 Å². The molecular formula is C14H20O3. The molecule has 1 aliphatic rings. The van der Waals surface area contributed by atoms with Gasteiger partial charge in [-0.3, -0.25) is 4.79 Å². The maximum absolute atomic E-state index is 11.2. The van der Waals surface area contributed by atoms with Gasteiger partial charge in [-0.25, -0.2) is 4.79 Å². The van der Waals surface area contributed by atoms with Crippen molar-refractivity contribution in [2.75, 3.05) is 7.11 Å². The molecule has 1 unspecified atom stereocenters. The van der Waals surface area contributed by atoms with E-state index in [9.17, 15) is 9.59 Å². The molecule has 3 heteroatoms. The Morgan fingerprint density at radius 1 is 1.53 bits per heavy atom. The normalized spacial score (nSPS) is 23.5. The van der Waals surface area contributed by atoms with E-state index in [1.54, 1.807) is 6.08 Å². The first-order chi connectivity index (χ1) is 8.06. The van der Waals surface area contributed by atoms with Crippen molar-refractivity contribution in [3.05, 3.63) is 24.3 Å². The first kappa shape index (κ1) is 13.7. The molecule has 1 atom stereocenters. The van der Waals surface area contributed by atoms with Crippen LogP contribution in [0.4, 0.5) is 0 Å². The first-order valence-electron chi connectivity index (χ1n) is 6.02. The summed E-state index contributed by atoms with van der Waals surface area (Å²) in [7, 11) is 1.37. The van der Waals surface area contributed by atoms with Crippen LogP contribution < -0.4 is 0 Å². The standard InChI is InChI=1S/C14H20O3/c1-14(10-8-12(15)11-14)9-6-4-3-5-7-13(16)17-2/h5,7-8,10H,3-4,6,9,11H2,1-2H3/b7-5+. The third kappa shape index (κ3) is 4.98. The number of ketones is 1. The Labute approximate surface area is 103 Å². The highest BCUT2D eigenvalue weighted by Crippen LogP contribution is 2.34. The fourth-order valence-electron chi connectivity index (χ4n) is 2.02. The van der Waals surface area contributed by atoms with Crippen LogP contribution in [0.15, 0.2) is 24.3 Å². The van der Waals surface area contributed by atoms with Crippen LogP contribution in [0.2, 0.25) is 0 Å². The van der Waals surface area contributed by atoms with E-state index in [1.807, 2.05) is 12.2 Å².